The Kier molecular flexibility index (Phi) is 8.79. The molecule has 1 N–H and O–H groups in total. The second kappa shape index (κ2) is 11.5. The highest BCUT2D eigenvalue weighted by molar-refractivity contribution is 9.10. The molecule has 2 amide bonds. The Labute approximate surface area is 197 Å². The minimum absolute atomic E-state index is 0.121. The number of hydrogen-bond donors (Lipinski definition) is 1. The molecule has 1 fully saturated rings. The predicted octanol–water partition coefficient (Wildman–Crippen LogP) is 5.35. The van der Waals surface area contributed by atoms with E-state index in [1.807, 2.05) is 30.3 Å². The normalized spacial score (nSPS) is 15.2. The van der Waals surface area contributed by atoms with Gasteiger partial charge in [0, 0.05) is 17.6 Å². The Balaban J connectivity index is 1.69. The predicted molar refractivity (Wildman–Crippen MR) is 126 cm³/mol. The van der Waals surface area contributed by atoms with Crippen molar-refractivity contribution >= 4 is 39.3 Å². The van der Waals surface area contributed by atoms with Crippen molar-refractivity contribution in [3.05, 3.63) is 63.6 Å². The second-order valence-corrected chi connectivity index (χ2v) is 9.18. The Morgan fingerprint density at radius 3 is 2.55 bits per heavy atom. The zero-order chi connectivity index (χ0) is 22.2. The van der Waals surface area contributed by atoms with Crippen LogP contribution in [0.5, 0.6) is 5.75 Å². The topological polar surface area (TPSA) is 58.6 Å². The highest BCUT2D eigenvalue weighted by atomic mass is 79.9. The average molecular weight is 508 g/mol. The molecule has 1 aliphatic carbocycles. The first kappa shape index (κ1) is 23.6. The maximum atomic E-state index is 13.1. The van der Waals surface area contributed by atoms with E-state index in [9.17, 15) is 9.59 Å². The van der Waals surface area contributed by atoms with E-state index in [2.05, 4.69) is 21.2 Å². The van der Waals surface area contributed by atoms with Crippen molar-refractivity contribution < 1.29 is 14.3 Å². The molecule has 2 aromatic carbocycles. The zero-order valence-electron chi connectivity index (χ0n) is 17.7. The third kappa shape index (κ3) is 6.97. The molecule has 0 saturated heterocycles. The van der Waals surface area contributed by atoms with Gasteiger partial charge in [-0.1, -0.05) is 61.2 Å². The Morgan fingerprint density at radius 2 is 1.87 bits per heavy atom. The lowest BCUT2D eigenvalue weighted by Crippen LogP contribution is -2.51. The van der Waals surface area contributed by atoms with Gasteiger partial charge in [0.2, 0.25) is 5.91 Å². The Morgan fingerprint density at radius 1 is 1.16 bits per heavy atom. The lowest BCUT2D eigenvalue weighted by atomic mass is 9.95. The highest BCUT2D eigenvalue weighted by Crippen LogP contribution is 2.28. The summed E-state index contributed by atoms with van der Waals surface area (Å²) in [4.78, 5) is 27.6. The fourth-order valence-corrected chi connectivity index (χ4v) is 4.54. The minimum atomic E-state index is -0.605. The number of carbonyl (C=O) groups excluding carboxylic acids is 2. The van der Waals surface area contributed by atoms with Crippen LogP contribution in [0.3, 0.4) is 0 Å². The smallest absolute Gasteiger partial charge is 0.261 e. The van der Waals surface area contributed by atoms with Crippen LogP contribution in [0.25, 0.3) is 0 Å². The van der Waals surface area contributed by atoms with E-state index in [1.54, 1.807) is 30.0 Å². The van der Waals surface area contributed by atoms with Crippen molar-refractivity contribution in [3.63, 3.8) is 0 Å². The van der Waals surface area contributed by atoms with Crippen LogP contribution in [-0.2, 0) is 16.1 Å². The van der Waals surface area contributed by atoms with Crippen LogP contribution in [0.2, 0.25) is 5.02 Å². The van der Waals surface area contributed by atoms with Gasteiger partial charge >= 0.3 is 0 Å². The first-order valence-corrected chi connectivity index (χ1v) is 11.8. The second-order valence-electron chi connectivity index (χ2n) is 7.89. The van der Waals surface area contributed by atoms with Crippen LogP contribution in [0.4, 0.5) is 0 Å². The molecule has 1 aliphatic rings. The molecule has 0 aliphatic heterocycles. The summed E-state index contributed by atoms with van der Waals surface area (Å²) in [7, 11) is 0. The molecule has 3 rings (SSSR count). The molecule has 0 aromatic heterocycles. The van der Waals surface area contributed by atoms with Crippen molar-refractivity contribution in [2.45, 2.75) is 57.7 Å². The Bertz CT molecular complexity index is 888. The van der Waals surface area contributed by atoms with Gasteiger partial charge in [-0.15, -0.1) is 0 Å². The van der Waals surface area contributed by atoms with Gasteiger partial charge in [-0.3, -0.25) is 9.59 Å². The van der Waals surface area contributed by atoms with Gasteiger partial charge < -0.3 is 15.0 Å². The third-order valence-corrected chi connectivity index (χ3v) is 6.41. The van der Waals surface area contributed by atoms with Crippen LogP contribution >= 0.6 is 27.5 Å². The van der Waals surface area contributed by atoms with E-state index in [0.717, 1.165) is 31.2 Å². The first-order valence-electron chi connectivity index (χ1n) is 10.7. The van der Waals surface area contributed by atoms with Crippen molar-refractivity contribution in [2.75, 3.05) is 6.61 Å². The lowest BCUT2D eigenvalue weighted by molar-refractivity contribution is -0.142. The van der Waals surface area contributed by atoms with E-state index in [-0.39, 0.29) is 24.5 Å². The Hall–Kier alpha value is -2.05. The standard InChI is InChI=1S/C24H28BrClN2O3/c1-17(24(30)27-20-10-6-3-7-11-20)28(15-18-8-4-2-5-9-18)23(29)16-31-22-13-12-19(26)14-21(22)25/h2,4-5,8-9,12-14,17,20H,3,6-7,10-11,15-16H2,1H3,(H,27,30)/t17-/m1/s1. The van der Waals surface area contributed by atoms with Crippen LogP contribution in [0.1, 0.15) is 44.6 Å². The van der Waals surface area contributed by atoms with Gasteiger partial charge in [0.15, 0.2) is 6.61 Å². The molecule has 166 valence electrons. The van der Waals surface area contributed by atoms with Crippen molar-refractivity contribution in [1.29, 1.82) is 0 Å². The van der Waals surface area contributed by atoms with Crippen LogP contribution in [-0.4, -0.2) is 35.4 Å². The van der Waals surface area contributed by atoms with Gasteiger partial charge in [0.05, 0.1) is 4.47 Å². The van der Waals surface area contributed by atoms with Gasteiger partial charge in [-0.25, -0.2) is 0 Å². The molecule has 5 nitrogen and oxygen atoms in total. The number of ether oxygens (including phenoxy) is 1. The summed E-state index contributed by atoms with van der Waals surface area (Å²) in [6.07, 6.45) is 5.49. The molecule has 2 aromatic rings. The summed E-state index contributed by atoms with van der Waals surface area (Å²) in [5, 5.41) is 3.71. The summed E-state index contributed by atoms with van der Waals surface area (Å²) < 4.78 is 6.40. The largest absolute Gasteiger partial charge is 0.483 e. The van der Waals surface area contributed by atoms with E-state index >= 15 is 0 Å². The van der Waals surface area contributed by atoms with Gasteiger partial charge in [0.1, 0.15) is 11.8 Å². The first-order chi connectivity index (χ1) is 14.9. The summed E-state index contributed by atoms with van der Waals surface area (Å²) >= 11 is 9.37. The molecule has 0 radical (unpaired) electrons. The average Bonchev–Trinajstić information content (AvgIpc) is 2.77. The van der Waals surface area contributed by atoms with E-state index in [1.165, 1.54) is 6.42 Å². The summed E-state index contributed by atoms with van der Waals surface area (Å²) in [6.45, 7) is 1.94. The zero-order valence-corrected chi connectivity index (χ0v) is 20.0. The van der Waals surface area contributed by atoms with Crippen LogP contribution in [0.15, 0.2) is 53.0 Å². The number of halogens is 2. The molecular formula is C24H28BrClN2O3. The summed E-state index contributed by atoms with van der Waals surface area (Å²) in [5.74, 6) is 0.151. The summed E-state index contributed by atoms with van der Waals surface area (Å²) in [6, 6.07) is 14.4. The number of nitrogens with zero attached hydrogens (tertiary/aromatic N) is 1. The molecule has 1 atom stereocenters. The minimum Gasteiger partial charge on any atom is -0.483 e. The van der Waals surface area contributed by atoms with E-state index < -0.39 is 6.04 Å². The SMILES string of the molecule is C[C@H](C(=O)NC1CCCCC1)N(Cc1ccccc1)C(=O)COc1ccc(Cl)cc1Br. The molecular weight excluding hydrogens is 480 g/mol. The van der Waals surface area contributed by atoms with Gasteiger partial charge in [-0.2, -0.15) is 0 Å². The fraction of sp³-hybridized carbons (Fsp3) is 0.417. The van der Waals surface area contributed by atoms with Crippen LogP contribution in [0, 0.1) is 0 Å². The molecule has 31 heavy (non-hydrogen) atoms. The maximum absolute atomic E-state index is 13.1. The van der Waals surface area contributed by atoms with Gasteiger partial charge in [-0.05, 0) is 59.5 Å². The number of carbonyl (C=O) groups is 2. The lowest BCUT2D eigenvalue weighted by Gasteiger charge is -2.31. The molecule has 1 saturated carbocycles. The van der Waals surface area contributed by atoms with Gasteiger partial charge in [0.25, 0.3) is 5.91 Å². The quantitative estimate of drug-likeness (QED) is 0.524. The number of rotatable bonds is 8. The number of benzene rings is 2. The van der Waals surface area contributed by atoms with E-state index in [0.29, 0.717) is 21.8 Å². The number of nitrogens with one attached hydrogen (secondary N) is 1. The monoisotopic (exact) mass is 506 g/mol. The van der Waals surface area contributed by atoms with Crippen molar-refractivity contribution in [1.82, 2.24) is 10.2 Å². The molecule has 7 heteroatoms. The molecule has 0 heterocycles. The molecule has 0 spiro atoms. The maximum Gasteiger partial charge on any atom is 0.261 e. The van der Waals surface area contributed by atoms with Crippen LogP contribution < -0.4 is 10.1 Å². The third-order valence-electron chi connectivity index (χ3n) is 5.56. The number of hydrogen-bond acceptors (Lipinski definition) is 3. The van der Waals surface area contributed by atoms with Crippen molar-refractivity contribution in [3.8, 4) is 5.75 Å². The molecule has 0 bridgehead atoms. The van der Waals surface area contributed by atoms with Crippen molar-refractivity contribution in [2.24, 2.45) is 0 Å². The molecule has 0 unspecified atom stereocenters. The number of amides is 2. The van der Waals surface area contributed by atoms with E-state index in [4.69, 9.17) is 16.3 Å². The summed E-state index contributed by atoms with van der Waals surface area (Å²) in [5.41, 5.74) is 0.959. The fourth-order valence-electron chi connectivity index (χ4n) is 3.75. The highest BCUT2D eigenvalue weighted by Gasteiger charge is 2.28.